The van der Waals surface area contributed by atoms with Crippen molar-refractivity contribution in [3.63, 3.8) is 0 Å². The van der Waals surface area contributed by atoms with E-state index in [0.717, 1.165) is 5.69 Å². The van der Waals surface area contributed by atoms with E-state index in [1.807, 2.05) is 42.5 Å². The van der Waals surface area contributed by atoms with Crippen LogP contribution in [0.5, 0.6) is 0 Å². The average molecular weight is 462 g/mol. The Morgan fingerprint density at radius 2 is 1.71 bits per heavy atom. The Labute approximate surface area is 198 Å². The van der Waals surface area contributed by atoms with Crippen molar-refractivity contribution in [2.45, 2.75) is 37.9 Å². The summed E-state index contributed by atoms with van der Waals surface area (Å²) in [6, 6.07) is 20.3. The summed E-state index contributed by atoms with van der Waals surface area (Å²) in [7, 11) is 0. The molecule has 2 amide bonds. The van der Waals surface area contributed by atoms with Crippen LogP contribution >= 0.6 is 0 Å². The summed E-state index contributed by atoms with van der Waals surface area (Å²) in [4.78, 5) is 35.3. The van der Waals surface area contributed by atoms with Gasteiger partial charge >= 0.3 is 0 Å². The van der Waals surface area contributed by atoms with E-state index in [2.05, 4.69) is 15.6 Å². The molecule has 176 valence electrons. The zero-order valence-electron chi connectivity index (χ0n) is 19.1. The predicted octanol–water partition coefficient (Wildman–Crippen LogP) is 3.97. The summed E-state index contributed by atoms with van der Waals surface area (Å²) in [5, 5.41) is 5.45. The SMILES string of the molecule is CC(=O)N[C@](F)(Cc1ccccc1)C(=O)N1CCC(c2cccc(Nc3ccccn3)n2)CC1. The lowest BCUT2D eigenvalue weighted by atomic mass is 9.92. The van der Waals surface area contributed by atoms with Crippen molar-refractivity contribution < 1.29 is 14.0 Å². The van der Waals surface area contributed by atoms with Crippen LogP contribution in [0.25, 0.3) is 0 Å². The van der Waals surface area contributed by atoms with E-state index in [1.54, 1.807) is 30.5 Å². The minimum Gasteiger partial charge on any atom is -0.338 e. The van der Waals surface area contributed by atoms with E-state index >= 15 is 4.39 Å². The van der Waals surface area contributed by atoms with Crippen molar-refractivity contribution in [3.05, 3.63) is 84.2 Å². The number of likely N-dealkylation sites (tertiary alicyclic amines) is 1. The highest BCUT2D eigenvalue weighted by atomic mass is 19.1. The maximum Gasteiger partial charge on any atom is 0.281 e. The fourth-order valence-corrected chi connectivity index (χ4v) is 4.27. The van der Waals surface area contributed by atoms with Crippen LogP contribution in [0.3, 0.4) is 0 Å². The molecule has 1 aliphatic rings. The quantitative estimate of drug-likeness (QED) is 0.520. The second kappa shape index (κ2) is 10.4. The largest absolute Gasteiger partial charge is 0.338 e. The summed E-state index contributed by atoms with van der Waals surface area (Å²) < 4.78 is 15.8. The van der Waals surface area contributed by atoms with Gasteiger partial charge < -0.3 is 15.5 Å². The standard InChI is InChI=1S/C26H28FN5O2/c1-19(33)31-26(27,18-20-8-3-2-4-9-20)25(34)32-16-13-21(14-17-32)22-10-7-12-24(29-22)30-23-11-5-6-15-28-23/h2-12,15,21H,13-14,16-18H2,1H3,(H,31,33)(H,28,29,30)/t26-/m1/s1. The maximum absolute atomic E-state index is 15.8. The lowest BCUT2D eigenvalue weighted by Crippen LogP contribution is -2.58. The Morgan fingerprint density at radius 3 is 2.38 bits per heavy atom. The van der Waals surface area contributed by atoms with Gasteiger partial charge in [0.2, 0.25) is 5.91 Å². The first-order chi connectivity index (χ1) is 16.4. The van der Waals surface area contributed by atoms with Gasteiger partial charge in [-0.2, -0.15) is 0 Å². The van der Waals surface area contributed by atoms with Gasteiger partial charge in [-0.15, -0.1) is 0 Å². The van der Waals surface area contributed by atoms with Crippen molar-refractivity contribution in [2.24, 2.45) is 0 Å². The van der Waals surface area contributed by atoms with Crippen molar-refractivity contribution in [2.75, 3.05) is 18.4 Å². The summed E-state index contributed by atoms with van der Waals surface area (Å²) in [6.45, 7) is 2.00. The minimum atomic E-state index is -2.48. The molecule has 3 heterocycles. The highest BCUT2D eigenvalue weighted by molar-refractivity contribution is 5.89. The Kier molecular flexibility index (Phi) is 7.15. The lowest BCUT2D eigenvalue weighted by Gasteiger charge is -2.36. The summed E-state index contributed by atoms with van der Waals surface area (Å²) in [5.74, 6) is -2.20. The molecule has 0 bridgehead atoms. The molecule has 1 aromatic carbocycles. The van der Waals surface area contributed by atoms with E-state index in [9.17, 15) is 9.59 Å². The van der Waals surface area contributed by atoms with Gasteiger partial charge in [0.05, 0.1) is 0 Å². The number of hydrogen-bond donors (Lipinski definition) is 2. The van der Waals surface area contributed by atoms with Gasteiger partial charge in [0.1, 0.15) is 11.6 Å². The second-order valence-corrected chi connectivity index (χ2v) is 8.50. The summed E-state index contributed by atoms with van der Waals surface area (Å²) in [6.07, 6.45) is 2.82. The number of benzene rings is 1. The number of hydrogen-bond acceptors (Lipinski definition) is 5. The van der Waals surface area contributed by atoms with E-state index in [4.69, 9.17) is 4.98 Å². The number of nitrogens with zero attached hydrogens (tertiary/aromatic N) is 3. The highest BCUT2D eigenvalue weighted by Crippen LogP contribution is 2.30. The van der Waals surface area contributed by atoms with Crippen molar-refractivity contribution in [1.29, 1.82) is 0 Å². The zero-order chi connectivity index (χ0) is 24.0. The van der Waals surface area contributed by atoms with Gasteiger partial charge in [0.25, 0.3) is 11.7 Å². The van der Waals surface area contributed by atoms with E-state index in [1.165, 1.54) is 11.8 Å². The second-order valence-electron chi connectivity index (χ2n) is 8.50. The molecule has 1 atom stereocenters. The molecular weight excluding hydrogens is 433 g/mol. The molecule has 0 unspecified atom stereocenters. The van der Waals surface area contributed by atoms with Gasteiger partial charge in [-0.1, -0.05) is 42.5 Å². The fraction of sp³-hybridized carbons (Fsp3) is 0.308. The molecule has 0 radical (unpaired) electrons. The summed E-state index contributed by atoms with van der Waals surface area (Å²) >= 11 is 0. The monoisotopic (exact) mass is 461 g/mol. The van der Waals surface area contributed by atoms with Crippen molar-refractivity contribution >= 4 is 23.5 Å². The molecule has 1 aliphatic heterocycles. The number of amides is 2. The van der Waals surface area contributed by atoms with Crippen molar-refractivity contribution in [3.8, 4) is 0 Å². The first kappa shape index (κ1) is 23.4. The molecule has 1 fully saturated rings. The zero-order valence-corrected chi connectivity index (χ0v) is 19.1. The number of pyridine rings is 2. The Balaban J connectivity index is 1.41. The van der Waals surface area contributed by atoms with Crippen LogP contribution in [0.4, 0.5) is 16.0 Å². The smallest absolute Gasteiger partial charge is 0.281 e. The number of aromatic nitrogens is 2. The van der Waals surface area contributed by atoms with E-state index in [-0.39, 0.29) is 12.3 Å². The average Bonchev–Trinajstić information content (AvgIpc) is 2.84. The fourth-order valence-electron chi connectivity index (χ4n) is 4.27. The molecule has 0 spiro atoms. The number of alkyl halides is 1. The van der Waals surface area contributed by atoms with Crippen LogP contribution in [0.1, 0.15) is 36.9 Å². The minimum absolute atomic E-state index is 0.151. The van der Waals surface area contributed by atoms with Gasteiger partial charge in [-0.3, -0.25) is 9.59 Å². The maximum atomic E-state index is 15.8. The number of halogens is 1. The Hall–Kier alpha value is -3.81. The molecular formula is C26H28FN5O2. The van der Waals surface area contributed by atoms with Crippen LogP contribution in [-0.4, -0.2) is 45.6 Å². The Bertz CT molecular complexity index is 1120. The Morgan fingerprint density at radius 1 is 1.00 bits per heavy atom. The van der Waals surface area contributed by atoms with Gasteiger partial charge in [-0.25, -0.2) is 14.4 Å². The van der Waals surface area contributed by atoms with Crippen molar-refractivity contribution in [1.82, 2.24) is 20.2 Å². The number of carbonyl (C=O) groups is 2. The third kappa shape index (κ3) is 5.75. The predicted molar refractivity (Wildman–Crippen MR) is 128 cm³/mol. The molecule has 1 saturated heterocycles. The normalized spacial score (nSPS) is 15.9. The van der Waals surface area contributed by atoms with Crippen LogP contribution in [0, 0.1) is 0 Å². The van der Waals surface area contributed by atoms with Crippen LogP contribution in [0.15, 0.2) is 72.9 Å². The van der Waals surface area contributed by atoms with Gasteiger partial charge in [0.15, 0.2) is 0 Å². The lowest BCUT2D eigenvalue weighted by molar-refractivity contribution is -0.151. The third-order valence-corrected chi connectivity index (χ3v) is 5.90. The molecule has 0 aliphatic carbocycles. The molecule has 3 aromatic rings. The van der Waals surface area contributed by atoms with Crippen LogP contribution < -0.4 is 10.6 Å². The number of carbonyl (C=O) groups excluding carboxylic acids is 2. The van der Waals surface area contributed by atoms with Gasteiger partial charge in [-0.05, 0) is 42.7 Å². The molecule has 8 heteroatoms. The topological polar surface area (TPSA) is 87.2 Å². The summed E-state index contributed by atoms with van der Waals surface area (Å²) in [5.41, 5.74) is 1.56. The van der Waals surface area contributed by atoms with Gasteiger partial charge in [0, 0.05) is 44.2 Å². The number of nitrogens with one attached hydrogen (secondary N) is 2. The van der Waals surface area contributed by atoms with Crippen LogP contribution in [0.2, 0.25) is 0 Å². The molecule has 4 rings (SSSR count). The molecule has 7 nitrogen and oxygen atoms in total. The highest BCUT2D eigenvalue weighted by Gasteiger charge is 2.43. The third-order valence-electron chi connectivity index (χ3n) is 5.90. The van der Waals surface area contributed by atoms with E-state index < -0.39 is 17.6 Å². The molecule has 34 heavy (non-hydrogen) atoms. The number of anilines is 2. The molecule has 2 aromatic heterocycles. The molecule has 0 saturated carbocycles. The van der Waals surface area contributed by atoms with Crippen LogP contribution in [-0.2, 0) is 16.0 Å². The first-order valence-electron chi connectivity index (χ1n) is 11.4. The first-order valence-corrected chi connectivity index (χ1v) is 11.4. The molecule has 2 N–H and O–H groups in total. The number of rotatable bonds is 7. The number of piperidine rings is 1. The van der Waals surface area contributed by atoms with E-state index in [0.29, 0.717) is 43.1 Å².